The van der Waals surface area contributed by atoms with Crippen LogP contribution in [0, 0.1) is 5.92 Å². The normalized spacial score (nSPS) is 21.4. The van der Waals surface area contributed by atoms with Gasteiger partial charge in [-0.15, -0.1) is 0 Å². The van der Waals surface area contributed by atoms with Crippen LogP contribution >= 0.6 is 0 Å². The molecular formula is C14H22N2O3. The number of carbonyl (C=O) groups is 3. The number of imide groups is 1. The van der Waals surface area contributed by atoms with Crippen molar-refractivity contribution in [1.29, 1.82) is 0 Å². The van der Waals surface area contributed by atoms with E-state index in [0.29, 0.717) is 6.42 Å². The molecule has 0 spiro atoms. The third-order valence-electron chi connectivity index (χ3n) is 4.03. The molecular weight excluding hydrogens is 244 g/mol. The van der Waals surface area contributed by atoms with Crippen molar-refractivity contribution in [2.24, 2.45) is 5.92 Å². The van der Waals surface area contributed by atoms with Crippen LogP contribution < -0.4 is 5.32 Å². The fraction of sp³-hybridized carbons (Fsp3) is 0.786. The van der Waals surface area contributed by atoms with Gasteiger partial charge in [0.1, 0.15) is 13.1 Å². The summed E-state index contributed by atoms with van der Waals surface area (Å²) in [5, 5.41) is 2.20. The van der Waals surface area contributed by atoms with Crippen LogP contribution in [0.1, 0.15) is 51.4 Å². The summed E-state index contributed by atoms with van der Waals surface area (Å²) in [6.07, 6.45) is 8.99. The van der Waals surface area contributed by atoms with E-state index in [-0.39, 0.29) is 30.8 Å². The number of amides is 3. The Balaban J connectivity index is 1.68. The molecule has 5 heteroatoms. The Hall–Kier alpha value is -1.39. The van der Waals surface area contributed by atoms with Gasteiger partial charge >= 0.3 is 0 Å². The minimum Gasteiger partial charge on any atom is -0.324 e. The Kier molecular flexibility index (Phi) is 4.93. The fourth-order valence-electron chi connectivity index (χ4n) is 2.99. The second kappa shape index (κ2) is 6.68. The smallest absolute Gasteiger partial charge is 0.246 e. The van der Waals surface area contributed by atoms with Crippen LogP contribution in [0.4, 0.5) is 0 Å². The van der Waals surface area contributed by atoms with E-state index in [9.17, 15) is 14.4 Å². The molecule has 0 aromatic carbocycles. The number of rotatable bonds is 4. The predicted molar refractivity (Wildman–Crippen MR) is 70.2 cm³/mol. The highest BCUT2D eigenvalue weighted by Crippen LogP contribution is 2.27. The van der Waals surface area contributed by atoms with E-state index < -0.39 is 0 Å². The van der Waals surface area contributed by atoms with E-state index in [0.717, 1.165) is 18.8 Å². The summed E-state index contributed by atoms with van der Waals surface area (Å²) in [6, 6.07) is 0. The molecule has 0 unspecified atom stereocenters. The number of hydrogen-bond acceptors (Lipinski definition) is 3. The van der Waals surface area contributed by atoms with Crippen LogP contribution in [-0.4, -0.2) is 35.7 Å². The average molecular weight is 266 g/mol. The first-order chi connectivity index (χ1) is 9.15. The van der Waals surface area contributed by atoms with Crippen molar-refractivity contribution in [2.45, 2.75) is 51.4 Å². The molecule has 1 saturated carbocycles. The van der Waals surface area contributed by atoms with Gasteiger partial charge in [0.15, 0.2) is 0 Å². The summed E-state index contributed by atoms with van der Waals surface area (Å²) < 4.78 is 0. The zero-order valence-corrected chi connectivity index (χ0v) is 11.3. The number of piperazine rings is 1. The molecule has 1 saturated heterocycles. The van der Waals surface area contributed by atoms with Gasteiger partial charge in [0.05, 0.1) is 0 Å². The maximum absolute atomic E-state index is 11.9. The topological polar surface area (TPSA) is 66.5 Å². The van der Waals surface area contributed by atoms with Gasteiger partial charge in [-0.1, -0.05) is 32.1 Å². The van der Waals surface area contributed by atoms with Crippen LogP contribution in [-0.2, 0) is 14.4 Å². The third kappa shape index (κ3) is 4.33. The summed E-state index contributed by atoms with van der Waals surface area (Å²) in [7, 11) is 0. The van der Waals surface area contributed by atoms with Crippen molar-refractivity contribution in [3.05, 3.63) is 0 Å². The second-order valence-corrected chi connectivity index (χ2v) is 5.62. The van der Waals surface area contributed by atoms with Crippen molar-refractivity contribution >= 4 is 17.7 Å². The lowest BCUT2D eigenvalue weighted by Crippen LogP contribution is -2.53. The summed E-state index contributed by atoms with van der Waals surface area (Å²) in [5.74, 6) is -0.0550. The van der Waals surface area contributed by atoms with Gasteiger partial charge in [-0.2, -0.15) is 0 Å². The first-order valence-electron chi connectivity index (χ1n) is 7.25. The molecule has 1 N–H and O–H groups in total. The Morgan fingerprint density at radius 2 is 1.74 bits per heavy atom. The molecule has 0 aromatic heterocycles. The summed E-state index contributed by atoms with van der Waals surface area (Å²) >= 11 is 0. The molecule has 1 heterocycles. The van der Waals surface area contributed by atoms with Crippen molar-refractivity contribution in [2.75, 3.05) is 13.1 Å². The lowest BCUT2D eigenvalue weighted by Gasteiger charge is -2.26. The summed E-state index contributed by atoms with van der Waals surface area (Å²) in [5.41, 5.74) is 0. The molecule has 3 amide bonds. The minimum absolute atomic E-state index is 0.0218. The van der Waals surface area contributed by atoms with Crippen LogP contribution in [0.15, 0.2) is 0 Å². The van der Waals surface area contributed by atoms with E-state index in [1.807, 2.05) is 0 Å². The van der Waals surface area contributed by atoms with Crippen molar-refractivity contribution in [3.8, 4) is 0 Å². The van der Waals surface area contributed by atoms with E-state index in [1.54, 1.807) is 0 Å². The van der Waals surface area contributed by atoms with Gasteiger partial charge in [0, 0.05) is 6.42 Å². The molecule has 0 bridgehead atoms. The molecule has 2 fully saturated rings. The van der Waals surface area contributed by atoms with Gasteiger partial charge in [0.25, 0.3) is 0 Å². The lowest BCUT2D eigenvalue weighted by molar-refractivity contribution is -0.145. The standard InChI is InChI=1S/C14H22N2O3/c17-12-9-16(10-13(18)15-12)14(19)8-4-7-11-5-2-1-3-6-11/h11H,1-10H2,(H,15,17,18). The molecule has 2 aliphatic rings. The van der Waals surface area contributed by atoms with E-state index in [2.05, 4.69) is 5.32 Å². The van der Waals surface area contributed by atoms with Gasteiger partial charge in [-0.3, -0.25) is 19.7 Å². The number of nitrogens with one attached hydrogen (secondary N) is 1. The maximum atomic E-state index is 11.9. The summed E-state index contributed by atoms with van der Waals surface area (Å²) in [6.45, 7) is 0.0437. The maximum Gasteiger partial charge on any atom is 0.246 e. The molecule has 106 valence electrons. The molecule has 19 heavy (non-hydrogen) atoms. The molecule has 1 aliphatic heterocycles. The molecule has 0 atom stereocenters. The molecule has 0 aromatic rings. The Bertz CT molecular complexity index is 346. The third-order valence-corrected chi connectivity index (χ3v) is 4.03. The number of carbonyl (C=O) groups excluding carboxylic acids is 3. The SMILES string of the molecule is O=C1CN(C(=O)CCCC2CCCCC2)CC(=O)N1. The van der Waals surface area contributed by atoms with E-state index >= 15 is 0 Å². The highest BCUT2D eigenvalue weighted by molar-refractivity contribution is 6.02. The summed E-state index contributed by atoms with van der Waals surface area (Å²) in [4.78, 5) is 35.7. The average Bonchev–Trinajstić information content (AvgIpc) is 2.38. The second-order valence-electron chi connectivity index (χ2n) is 5.62. The monoisotopic (exact) mass is 266 g/mol. The number of hydrogen-bond donors (Lipinski definition) is 1. The Morgan fingerprint density at radius 3 is 2.37 bits per heavy atom. The zero-order chi connectivity index (χ0) is 13.7. The highest BCUT2D eigenvalue weighted by atomic mass is 16.2. The van der Waals surface area contributed by atoms with E-state index in [1.165, 1.54) is 37.0 Å². The highest BCUT2D eigenvalue weighted by Gasteiger charge is 2.26. The quantitative estimate of drug-likeness (QED) is 0.778. The van der Waals surface area contributed by atoms with Crippen LogP contribution in [0.25, 0.3) is 0 Å². The van der Waals surface area contributed by atoms with Crippen LogP contribution in [0.2, 0.25) is 0 Å². The van der Waals surface area contributed by atoms with Crippen LogP contribution in [0.3, 0.4) is 0 Å². The minimum atomic E-state index is -0.378. The lowest BCUT2D eigenvalue weighted by atomic mass is 9.86. The first-order valence-corrected chi connectivity index (χ1v) is 7.25. The van der Waals surface area contributed by atoms with Crippen molar-refractivity contribution in [3.63, 3.8) is 0 Å². The van der Waals surface area contributed by atoms with Crippen molar-refractivity contribution in [1.82, 2.24) is 10.2 Å². The molecule has 1 aliphatic carbocycles. The van der Waals surface area contributed by atoms with Gasteiger partial charge in [-0.05, 0) is 18.8 Å². The Morgan fingerprint density at radius 1 is 1.11 bits per heavy atom. The number of nitrogens with zero attached hydrogens (tertiary/aromatic N) is 1. The molecule has 0 radical (unpaired) electrons. The van der Waals surface area contributed by atoms with Crippen molar-refractivity contribution < 1.29 is 14.4 Å². The largest absolute Gasteiger partial charge is 0.324 e. The van der Waals surface area contributed by atoms with E-state index in [4.69, 9.17) is 0 Å². The van der Waals surface area contributed by atoms with Gasteiger partial charge in [-0.25, -0.2) is 0 Å². The first kappa shape index (κ1) is 14.0. The molecule has 2 rings (SSSR count). The van der Waals surface area contributed by atoms with Gasteiger partial charge in [0.2, 0.25) is 17.7 Å². The predicted octanol–water partition coefficient (Wildman–Crippen LogP) is 1.22. The Labute approximate surface area is 113 Å². The van der Waals surface area contributed by atoms with Gasteiger partial charge < -0.3 is 4.90 Å². The fourth-order valence-corrected chi connectivity index (χ4v) is 2.99. The van der Waals surface area contributed by atoms with Crippen LogP contribution in [0.5, 0.6) is 0 Å². The molecule has 5 nitrogen and oxygen atoms in total. The zero-order valence-electron chi connectivity index (χ0n) is 11.3.